The lowest BCUT2D eigenvalue weighted by molar-refractivity contribution is -0.140. The van der Waals surface area contributed by atoms with Crippen molar-refractivity contribution in [1.82, 2.24) is 9.88 Å². The van der Waals surface area contributed by atoms with Crippen molar-refractivity contribution < 1.29 is 31.9 Å². The second-order valence-electron chi connectivity index (χ2n) is 7.33. The monoisotopic (exact) mass is 461 g/mol. The Morgan fingerprint density at radius 2 is 1.91 bits per heavy atom. The molecule has 1 aromatic heterocycles. The number of carbonyl (C=O) groups is 2. The average Bonchev–Trinajstić information content (AvgIpc) is 3.01. The quantitative estimate of drug-likeness (QED) is 0.410. The van der Waals surface area contributed by atoms with Gasteiger partial charge in [0.15, 0.2) is 5.82 Å². The van der Waals surface area contributed by atoms with Gasteiger partial charge in [0.05, 0.1) is 29.1 Å². The standard InChI is InChI=1S/C23H19F4N3O3/c1-2-33-21(31)15-12-30(11-10-14-13-6-3-4-8-17(13)28-20(14)15)22(32)29-18-9-5-7-16(19(18)24)23(25,26)27/h3-9,12,28H,2,10-11H2,1H3,(H,29,32). The first kappa shape index (κ1) is 22.4. The molecule has 2 aromatic carbocycles. The number of aromatic nitrogens is 1. The fourth-order valence-electron chi connectivity index (χ4n) is 3.77. The number of anilines is 1. The number of benzene rings is 2. The zero-order chi connectivity index (χ0) is 23.8. The summed E-state index contributed by atoms with van der Waals surface area (Å²) in [6.45, 7) is 1.85. The van der Waals surface area contributed by atoms with Crippen LogP contribution in [0.15, 0.2) is 48.7 Å². The molecule has 0 fully saturated rings. The topological polar surface area (TPSA) is 74.4 Å². The summed E-state index contributed by atoms with van der Waals surface area (Å²) < 4.78 is 58.5. The third-order valence-electron chi connectivity index (χ3n) is 5.27. The maximum Gasteiger partial charge on any atom is 0.419 e. The van der Waals surface area contributed by atoms with Crippen LogP contribution in [0, 0.1) is 5.82 Å². The molecule has 0 saturated carbocycles. The van der Waals surface area contributed by atoms with Gasteiger partial charge < -0.3 is 15.0 Å². The van der Waals surface area contributed by atoms with Crippen LogP contribution < -0.4 is 5.32 Å². The lowest BCUT2D eigenvalue weighted by Gasteiger charge is -2.19. The van der Waals surface area contributed by atoms with Gasteiger partial charge in [-0.25, -0.2) is 14.0 Å². The molecule has 172 valence electrons. The number of fused-ring (bicyclic) bond motifs is 3. The first-order valence-electron chi connectivity index (χ1n) is 10.1. The van der Waals surface area contributed by atoms with E-state index in [0.717, 1.165) is 33.5 Å². The maximum atomic E-state index is 14.4. The van der Waals surface area contributed by atoms with E-state index in [2.05, 4.69) is 10.3 Å². The Labute approximate surface area is 185 Å². The van der Waals surface area contributed by atoms with Crippen molar-refractivity contribution in [3.63, 3.8) is 0 Å². The van der Waals surface area contributed by atoms with Crippen LogP contribution in [0.3, 0.4) is 0 Å². The van der Waals surface area contributed by atoms with Crippen LogP contribution in [0.2, 0.25) is 0 Å². The molecule has 1 aliphatic rings. The molecule has 2 heterocycles. The Balaban J connectivity index is 1.69. The number of para-hydroxylation sites is 1. The highest BCUT2D eigenvalue weighted by molar-refractivity contribution is 6.18. The SMILES string of the molecule is CCOC(=O)C1=CN(C(=O)Nc2cccc(C(F)(F)F)c2F)CCc2c1[nH]c1ccccc21. The van der Waals surface area contributed by atoms with E-state index < -0.39 is 35.2 Å². The number of carbonyl (C=O) groups excluding carboxylic acids is 2. The number of halogens is 4. The Morgan fingerprint density at radius 3 is 2.64 bits per heavy atom. The highest BCUT2D eigenvalue weighted by atomic mass is 19.4. The smallest absolute Gasteiger partial charge is 0.419 e. The number of nitrogens with one attached hydrogen (secondary N) is 2. The Hall–Kier alpha value is -3.82. The predicted molar refractivity (Wildman–Crippen MR) is 114 cm³/mol. The third-order valence-corrected chi connectivity index (χ3v) is 5.27. The summed E-state index contributed by atoms with van der Waals surface area (Å²) in [6, 6.07) is 9.16. The molecule has 0 saturated heterocycles. The van der Waals surface area contributed by atoms with Crippen molar-refractivity contribution in [2.45, 2.75) is 19.5 Å². The first-order valence-corrected chi connectivity index (χ1v) is 10.1. The van der Waals surface area contributed by atoms with Gasteiger partial charge in [-0.05, 0) is 37.1 Å². The van der Waals surface area contributed by atoms with E-state index in [1.165, 1.54) is 6.20 Å². The second kappa shape index (κ2) is 8.61. The molecule has 4 rings (SSSR count). The molecule has 1 aliphatic heterocycles. The number of alkyl halides is 3. The number of H-pyrrole nitrogens is 1. The minimum absolute atomic E-state index is 0.0835. The molecule has 33 heavy (non-hydrogen) atoms. The van der Waals surface area contributed by atoms with Crippen LogP contribution in [-0.4, -0.2) is 35.0 Å². The molecule has 0 atom stereocenters. The van der Waals surface area contributed by atoms with E-state index in [4.69, 9.17) is 4.74 Å². The number of amides is 2. The van der Waals surface area contributed by atoms with Crippen LogP contribution >= 0.6 is 0 Å². The summed E-state index contributed by atoms with van der Waals surface area (Å²) in [5, 5.41) is 3.04. The van der Waals surface area contributed by atoms with Gasteiger partial charge in [0.25, 0.3) is 0 Å². The molecule has 0 aliphatic carbocycles. The van der Waals surface area contributed by atoms with Gasteiger partial charge in [-0.3, -0.25) is 4.90 Å². The summed E-state index contributed by atoms with van der Waals surface area (Å²) in [4.78, 5) is 29.8. The lowest BCUT2D eigenvalue weighted by atomic mass is 10.0. The Morgan fingerprint density at radius 1 is 1.15 bits per heavy atom. The van der Waals surface area contributed by atoms with Crippen molar-refractivity contribution in [3.05, 3.63) is 71.3 Å². The fourth-order valence-corrected chi connectivity index (χ4v) is 3.77. The number of hydrogen-bond acceptors (Lipinski definition) is 3. The normalized spacial score (nSPS) is 13.8. The number of urea groups is 1. The van der Waals surface area contributed by atoms with Crippen LogP contribution in [0.4, 0.5) is 28.0 Å². The van der Waals surface area contributed by atoms with Gasteiger partial charge in [-0.1, -0.05) is 24.3 Å². The zero-order valence-electron chi connectivity index (χ0n) is 17.4. The summed E-state index contributed by atoms with van der Waals surface area (Å²) >= 11 is 0. The predicted octanol–water partition coefficient (Wildman–Crippen LogP) is 5.32. The summed E-state index contributed by atoms with van der Waals surface area (Å²) in [5.41, 5.74) is 0.0806. The molecule has 2 N–H and O–H groups in total. The second-order valence-corrected chi connectivity index (χ2v) is 7.33. The average molecular weight is 461 g/mol. The molecule has 6 nitrogen and oxygen atoms in total. The van der Waals surface area contributed by atoms with E-state index in [1.54, 1.807) is 6.92 Å². The fraction of sp³-hybridized carbons (Fsp3) is 0.217. The highest BCUT2D eigenvalue weighted by Gasteiger charge is 2.35. The summed E-state index contributed by atoms with van der Waals surface area (Å²) in [7, 11) is 0. The van der Waals surface area contributed by atoms with Crippen molar-refractivity contribution in [1.29, 1.82) is 0 Å². The minimum atomic E-state index is -4.91. The number of hydrogen-bond donors (Lipinski definition) is 2. The number of aromatic amines is 1. The number of nitrogens with zero attached hydrogens (tertiary/aromatic N) is 1. The van der Waals surface area contributed by atoms with Crippen LogP contribution in [0.1, 0.15) is 23.7 Å². The molecular formula is C23H19F4N3O3. The molecule has 3 aromatic rings. The molecule has 2 amide bonds. The highest BCUT2D eigenvalue weighted by Crippen LogP contribution is 2.35. The van der Waals surface area contributed by atoms with Gasteiger partial charge in [-0.2, -0.15) is 13.2 Å². The molecular weight excluding hydrogens is 442 g/mol. The first-order chi connectivity index (χ1) is 15.7. The maximum absolute atomic E-state index is 14.4. The van der Waals surface area contributed by atoms with Crippen molar-refractivity contribution in [2.75, 3.05) is 18.5 Å². The largest absolute Gasteiger partial charge is 0.462 e. The zero-order valence-corrected chi connectivity index (χ0v) is 17.4. The number of ether oxygens (including phenoxy) is 1. The van der Waals surface area contributed by atoms with Gasteiger partial charge in [0, 0.05) is 23.6 Å². The van der Waals surface area contributed by atoms with E-state index in [-0.39, 0.29) is 18.7 Å². The van der Waals surface area contributed by atoms with Crippen LogP contribution in [0.25, 0.3) is 16.5 Å². The van der Waals surface area contributed by atoms with Crippen LogP contribution in [0.5, 0.6) is 0 Å². The lowest BCUT2D eigenvalue weighted by Crippen LogP contribution is -2.32. The third kappa shape index (κ3) is 4.28. The Bertz CT molecular complexity index is 1260. The molecule has 0 unspecified atom stereocenters. The van der Waals surface area contributed by atoms with E-state index >= 15 is 0 Å². The molecule has 0 radical (unpaired) electrons. The molecule has 0 spiro atoms. The molecule has 0 bridgehead atoms. The van der Waals surface area contributed by atoms with Crippen molar-refractivity contribution in [3.8, 4) is 0 Å². The van der Waals surface area contributed by atoms with Gasteiger partial charge in [0.1, 0.15) is 0 Å². The number of rotatable bonds is 3. The minimum Gasteiger partial charge on any atom is -0.462 e. The Kier molecular flexibility index (Phi) is 5.84. The van der Waals surface area contributed by atoms with Crippen molar-refractivity contribution >= 4 is 34.2 Å². The van der Waals surface area contributed by atoms with Gasteiger partial charge in [-0.15, -0.1) is 0 Å². The van der Waals surface area contributed by atoms with Gasteiger partial charge >= 0.3 is 18.2 Å². The van der Waals surface area contributed by atoms with E-state index in [9.17, 15) is 27.2 Å². The van der Waals surface area contributed by atoms with Crippen molar-refractivity contribution in [2.24, 2.45) is 0 Å². The number of esters is 1. The van der Waals surface area contributed by atoms with Crippen LogP contribution in [-0.2, 0) is 22.1 Å². The molecule has 10 heteroatoms. The van der Waals surface area contributed by atoms with E-state index in [1.807, 2.05) is 24.3 Å². The summed E-state index contributed by atoms with van der Waals surface area (Å²) in [6.07, 6.45) is -3.30. The van der Waals surface area contributed by atoms with E-state index in [0.29, 0.717) is 18.2 Å². The summed E-state index contributed by atoms with van der Waals surface area (Å²) in [5.74, 6) is -2.26. The van der Waals surface area contributed by atoms with Gasteiger partial charge in [0.2, 0.25) is 0 Å².